The number of carboxylic acids is 1. The highest BCUT2D eigenvalue weighted by Gasteiger charge is 2.16. The fraction of sp³-hybridized carbons (Fsp3) is 0.438. The third kappa shape index (κ3) is 4.17. The van der Waals surface area contributed by atoms with Crippen LogP contribution in [0.5, 0.6) is 0 Å². The van der Waals surface area contributed by atoms with Crippen LogP contribution in [0.4, 0.5) is 0 Å². The van der Waals surface area contributed by atoms with Crippen LogP contribution in [-0.2, 0) is 14.6 Å². The molecule has 0 heterocycles. The van der Waals surface area contributed by atoms with E-state index in [1.54, 1.807) is 18.2 Å². The van der Waals surface area contributed by atoms with Gasteiger partial charge in [-0.1, -0.05) is 43.9 Å². The van der Waals surface area contributed by atoms with E-state index in [2.05, 4.69) is 0 Å². The topological polar surface area (TPSA) is 71.4 Å². The summed E-state index contributed by atoms with van der Waals surface area (Å²) < 4.78 is 22.8. The molecule has 0 bridgehead atoms. The largest absolute Gasteiger partial charge is 0.478 e. The molecule has 21 heavy (non-hydrogen) atoms. The average molecular weight is 308 g/mol. The molecule has 0 aromatic heterocycles. The minimum atomic E-state index is -3.26. The molecular weight excluding hydrogens is 288 g/mol. The van der Waals surface area contributed by atoms with Gasteiger partial charge in [-0.15, -0.1) is 0 Å². The highest BCUT2D eigenvalue weighted by Crippen LogP contribution is 2.29. The lowest BCUT2D eigenvalue weighted by molar-refractivity contribution is -0.130. The summed E-state index contributed by atoms with van der Waals surface area (Å²) in [6, 6.07) is 6.03. The van der Waals surface area contributed by atoms with Gasteiger partial charge in [0.2, 0.25) is 0 Å². The SMILES string of the molecule is CS(=O)(=O)c1ccc(C(=CCC2CCCC2)C(=O)O)cc1. The molecule has 1 aromatic carbocycles. The number of carbonyl (C=O) groups is 1. The Hall–Kier alpha value is -1.62. The minimum Gasteiger partial charge on any atom is -0.478 e. The fourth-order valence-corrected chi connectivity index (χ4v) is 3.37. The summed E-state index contributed by atoms with van der Waals surface area (Å²) in [6.07, 6.45) is 8.46. The Bertz CT molecular complexity index is 635. The fourth-order valence-electron chi connectivity index (χ4n) is 2.74. The van der Waals surface area contributed by atoms with Gasteiger partial charge >= 0.3 is 5.97 Å². The first kappa shape index (κ1) is 15.8. The van der Waals surface area contributed by atoms with Crippen LogP contribution in [0.15, 0.2) is 35.2 Å². The predicted octanol–water partition coefficient (Wildman–Crippen LogP) is 3.14. The van der Waals surface area contributed by atoms with Crippen LogP contribution in [0.1, 0.15) is 37.7 Å². The quantitative estimate of drug-likeness (QED) is 0.848. The van der Waals surface area contributed by atoms with Crippen molar-refractivity contribution in [2.45, 2.75) is 37.0 Å². The average Bonchev–Trinajstić information content (AvgIpc) is 2.91. The van der Waals surface area contributed by atoms with Crippen molar-refractivity contribution < 1.29 is 18.3 Å². The van der Waals surface area contributed by atoms with Crippen LogP contribution in [0.25, 0.3) is 5.57 Å². The second kappa shape index (κ2) is 6.43. The van der Waals surface area contributed by atoms with Gasteiger partial charge < -0.3 is 5.11 Å². The van der Waals surface area contributed by atoms with Crippen molar-refractivity contribution in [1.82, 2.24) is 0 Å². The van der Waals surface area contributed by atoms with Crippen LogP contribution < -0.4 is 0 Å². The Morgan fingerprint density at radius 3 is 2.29 bits per heavy atom. The lowest BCUT2D eigenvalue weighted by Gasteiger charge is -2.08. The van der Waals surface area contributed by atoms with Crippen molar-refractivity contribution in [3.8, 4) is 0 Å². The lowest BCUT2D eigenvalue weighted by Crippen LogP contribution is -2.02. The van der Waals surface area contributed by atoms with Crippen molar-refractivity contribution in [2.75, 3.05) is 6.26 Å². The maximum Gasteiger partial charge on any atom is 0.335 e. The van der Waals surface area contributed by atoms with Crippen LogP contribution >= 0.6 is 0 Å². The Balaban J connectivity index is 2.21. The van der Waals surface area contributed by atoms with Crippen molar-refractivity contribution in [1.29, 1.82) is 0 Å². The number of carboxylic acid groups (broad SMARTS) is 1. The van der Waals surface area contributed by atoms with Gasteiger partial charge in [-0.05, 0) is 30.0 Å². The summed E-state index contributed by atoms with van der Waals surface area (Å²) in [6.45, 7) is 0. The van der Waals surface area contributed by atoms with Crippen molar-refractivity contribution in [3.63, 3.8) is 0 Å². The van der Waals surface area contributed by atoms with Crippen LogP contribution in [0, 0.1) is 5.92 Å². The van der Waals surface area contributed by atoms with Crippen LogP contribution in [0.2, 0.25) is 0 Å². The molecule has 1 N–H and O–H groups in total. The first-order chi connectivity index (χ1) is 9.88. The molecule has 1 aromatic rings. The molecule has 114 valence electrons. The van der Waals surface area contributed by atoms with Crippen LogP contribution in [0.3, 0.4) is 0 Å². The van der Waals surface area contributed by atoms with Gasteiger partial charge in [0, 0.05) is 6.26 Å². The number of hydrogen-bond donors (Lipinski definition) is 1. The summed E-state index contributed by atoms with van der Waals surface area (Å²) in [5.74, 6) is -0.394. The highest BCUT2D eigenvalue weighted by atomic mass is 32.2. The zero-order valence-corrected chi connectivity index (χ0v) is 12.9. The third-order valence-corrected chi connectivity index (χ3v) is 5.08. The molecule has 1 aliphatic carbocycles. The number of aliphatic carboxylic acids is 1. The zero-order valence-electron chi connectivity index (χ0n) is 12.1. The van der Waals surface area contributed by atoms with Gasteiger partial charge in [-0.25, -0.2) is 13.2 Å². The predicted molar refractivity (Wildman–Crippen MR) is 81.7 cm³/mol. The number of benzene rings is 1. The summed E-state index contributed by atoms with van der Waals surface area (Å²) in [5.41, 5.74) is 0.801. The van der Waals surface area contributed by atoms with Crippen molar-refractivity contribution >= 4 is 21.4 Å². The van der Waals surface area contributed by atoms with E-state index in [0.717, 1.165) is 25.5 Å². The van der Waals surface area contributed by atoms with Crippen molar-refractivity contribution in [3.05, 3.63) is 35.9 Å². The molecule has 4 nitrogen and oxygen atoms in total. The van der Waals surface area contributed by atoms with E-state index in [1.165, 1.54) is 25.0 Å². The smallest absolute Gasteiger partial charge is 0.335 e. The molecule has 5 heteroatoms. The third-order valence-electron chi connectivity index (χ3n) is 3.95. The molecule has 1 saturated carbocycles. The summed E-state index contributed by atoms with van der Waals surface area (Å²) in [5, 5.41) is 9.34. The molecule has 0 saturated heterocycles. The highest BCUT2D eigenvalue weighted by molar-refractivity contribution is 7.90. The molecule has 0 radical (unpaired) electrons. The first-order valence-electron chi connectivity index (χ1n) is 7.12. The molecule has 2 rings (SSSR count). The molecule has 0 spiro atoms. The normalized spacial score (nSPS) is 17.1. The maximum absolute atomic E-state index is 11.4. The van der Waals surface area contributed by atoms with E-state index in [0.29, 0.717) is 11.5 Å². The molecule has 1 aliphatic rings. The number of hydrogen-bond acceptors (Lipinski definition) is 3. The Morgan fingerprint density at radius 2 is 1.81 bits per heavy atom. The van der Waals surface area contributed by atoms with Gasteiger partial charge in [0.05, 0.1) is 10.5 Å². The summed E-state index contributed by atoms with van der Waals surface area (Å²) in [4.78, 5) is 11.6. The molecule has 0 atom stereocenters. The minimum absolute atomic E-state index is 0.201. The standard InChI is InChI=1S/C16H20O4S/c1-21(19,20)14-9-7-13(8-10-14)15(16(17)18)11-6-12-4-2-3-5-12/h7-12H,2-6H2,1H3,(H,17,18). The lowest BCUT2D eigenvalue weighted by atomic mass is 9.99. The van der Waals surface area contributed by atoms with E-state index in [1.807, 2.05) is 0 Å². The number of sulfone groups is 1. The van der Waals surface area contributed by atoms with Crippen molar-refractivity contribution in [2.24, 2.45) is 5.92 Å². The maximum atomic E-state index is 11.4. The molecule has 1 fully saturated rings. The number of rotatable bonds is 5. The van der Waals surface area contributed by atoms with E-state index in [-0.39, 0.29) is 10.5 Å². The molecular formula is C16H20O4S. The Morgan fingerprint density at radius 1 is 1.24 bits per heavy atom. The summed E-state index contributed by atoms with van der Waals surface area (Å²) >= 11 is 0. The van der Waals surface area contributed by atoms with E-state index in [4.69, 9.17) is 0 Å². The summed E-state index contributed by atoms with van der Waals surface area (Å²) in [7, 11) is -3.26. The monoisotopic (exact) mass is 308 g/mol. The van der Waals surface area contributed by atoms with E-state index < -0.39 is 15.8 Å². The van der Waals surface area contributed by atoms with E-state index in [9.17, 15) is 18.3 Å². The second-order valence-corrected chi connectivity index (χ2v) is 7.62. The zero-order chi connectivity index (χ0) is 15.5. The number of allylic oxidation sites excluding steroid dienone is 1. The van der Waals surface area contributed by atoms with Gasteiger partial charge in [-0.2, -0.15) is 0 Å². The van der Waals surface area contributed by atoms with Gasteiger partial charge in [0.25, 0.3) is 0 Å². The Kier molecular flexibility index (Phi) is 4.83. The first-order valence-corrected chi connectivity index (χ1v) is 9.01. The molecule has 0 amide bonds. The second-order valence-electron chi connectivity index (χ2n) is 5.61. The molecule has 0 unspecified atom stereocenters. The van der Waals surface area contributed by atoms with E-state index >= 15 is 0 Å². The van der Waals surface area contributed by atoms with Gasteiger partial charge in [-0.3, -0.25) is 0 Å². The van der Waals surface area contributed by atoms with Gasteiger partial charge in [0.15, 0.2) is 9.84 Å². The van der Waals surface area contributed by atoms with Gasteiger partial charge in [0.1, 0.15) is 0 Å². The Labute approximate surface area is 125 Å². The van der Waals surface area contributed by atoms with Crippen LogP contribution in [-0.4, -0.2) is 25.7 Å². The molecule has 0 aliphatic heterocycles.